The predicted octanol–water partition coefficient (Wildman–Crippen LogP) is -0.737. The molecule has 0 radical (unpaired) electrons. The first kappa shape index (κ1) is 11.2. The van der Waals surface area contributed by atoms with E-state index in [9.17, 15) is 9.59 Å². The van der Waals surface area contributed by atoms with Crippen molar-refractivity contribution in [2.24, 2.45) is 0 Å². The molecule has 0 fully saturated rings. The van der Waals surface area contributed by atoms with Gasteiger partial charge in [-0.3, -0.25) is 15.0 Å². The average molecular weight is 211 g/mol. The normalized spacial score (nSPS) is 11.9. The van der Waals surface area contributed by atoms with Crippen LogP contribution in [0, 0.1) is 0 Å². The van der Waals surface area contributed by atoms with Crippen LogP contribution in [0.25, 0.3) is 0 Å². The maximum Gasteiger partial charge on any atom is 0.328 e. The molecule has 0 aromatic carbocycles. The Morgan fingerprint density at radius 1 is 1.33 bits per heavy atom. The fourth-order valence-electron chi connectivity index (χ4n) is 0.818. The second-order valence-electron chi connectivity index (χ2n) is 3.09. The third-order valence-electron chi connectivity index (χ3n) is 1.85. The predicted molar refractivity (Wildman–Crippen MR) is 52.3 cm³/mol. The summed E-state index contributed by atoms with van der Waals surface area (Å²) in [6, 6.07) is -0.0239. The van der Waals surface area contributed by atoms with Gasteiger partial charge in [0, 0.05) is 6.04 Å². The standard InChI is InChI=1S/C8H13N5O2/c1-3-6(2)11-7(14)8(15)12-13-4-9-10-5-13/h4-6H,3H2,1-2H3,(H,11,14)(H,12,15). The van der Waals surface area contributed by atoms with E-state index in [4.69, 9.17) is 0 Å². The van der Waals surface area contributed by atoms with Crippen LogP contribution < -0.4 is 10.7 Å². The summed E-state index contributed by atoms with van der Waals surface area (Å²) in [7, 11) is 0. The van der Waals surface area contributed by atoms with Gasteiger partial charge in [-0.25, -0.2) is 4.68 Å². The molecule has 1 unspecified atom stereocenters. The van der Waals surface area contributed by atoms with E-state index in [-0.39, 0.29) is 6.04 Å². The number of amides is 2. The van der Waals surface area contributed by atoms with Crippen LogP contribution in [-0.4, -0.2) is 32.7 Å². The van der Waals surface area contributed by atoms with Gasteiger partial charge in [-0.1, -0.05) is 6.92 Å². The van der Waals surface area contributed by atoms with Crippen LogP contribution in [-0.2, 0) is 9.59 Å². The van der Waals surface area contributed by atoms with Gasteiger partial charge in [-0.15, -0.1) is 10.2 Å². The molecule has 82 valence electrons. The molecule has 7 nitrogen and oxygen atoms in total. The van der Waals surface area contributed by atoms with Gasteiger partial charge in [-0.05, 0) is 13.3 Å². The van der Waals surface area contributed by atoms with Crippen molar-refractivity contribution in [3.63, 3.8) is 0 Å². The van der Waals surface area contributed by atoms with E-state index in [1.54, 1.807) is 0 Å². The maximum absolute atomic E-state index is 11.3. The van der Waals surface area contributed by atoms with Crippen LogP contribution >= 0.6 is 0 Å². The molecular weight excluding hydrogens is 198 g/mol. The van der Waals surface area contributed by atoms with Crippen LogP contribution in [0.1, 0.15) is 20.3 Å². The molecule has 2 N–H and O–H groups in total. The molecule has 0 bridgehead atoms. The summed E-state index contributed by atoms with van der Waals surface area (Å²) >= 11 is 0. The number of nitrogens with zero attached hydrogens (tertiary/aromatic N) is 3. The SMILES string of the molecule is CCC(C)NC(=O)C(=O)Nn1cnnc1. The lowest BCUT2D eigenvalue weighted by molar-refractivity contribution is -0.137. The van der Waals surface area contributed by atoms with Crippen molar-refractivity contribution in [2.75, 3.05) is 5.43 Å². The lowest BCUT2D eigenvalue weighted by atomic mass is 10.2. The quantitative estimate of drug-likeness (QED) is 0.645. The maximum atomic E-state index is 11.3. The number of hydrogen-bond acceptors (Lipinski definition) is 4. The largest absolute Gasteiger partial charge is 0.345 e. The Balaban J connectivity index is 2.44. The Labute approximate surface area is 86.8 Å². The summed E-state index contributed by atoms with van der Waals surface area (Å²) in [5.74, 6) is -1.41. The summed E-state index contributed by atoms with van der Waals surface area (Å²) in [5.41, 5.74) is 2.29. The molecule has 0 saturated heterocycles. The molecule has 0 spiro atoms. The van der Waals surface area contributed by atoms with Gasteiger partial charge in [0.25, 0.3) is 0 Å². The molecule has 7 heteroatoms. The minimum atomic E-state index is -0.741. The first-order valence-electron chi connectivity index (χ1n) is 4.60. The van der Waals surface area contributed by atoms with E-state index in [0.29, 0.717) is 0 Å². The fraction of sp³-hybridized carbons (Fsp3) is 0.500. The van der Waals surface area contributed by atoms with Crippen molar-refractivity contribution < 1.29 is 9.59 Å². The van der Waals surface area contributed by atoms with Gasteiger partial charge < -0.3 is 5.32 Å². The summed E-state index contributed by atoms with van der Waals surface area (Å²) in [6.07, 6.45) is 3.34. The van der Waals surface area contributed by atoms with Crippen molar-refractivity contribution in [3.8, 4) is 0 Å². The highest BCUT2D eigenvalue weighted by atomic mass is 16.2. The van der Waals surface area contributed by atoms with Gasteiger partial charge in [0.1, 0.15) is 12.7 Å². The van der Waals surface area contributed by atoms with E-state index in [2.05, 4.69) is 20.9 Å². The van der Waals surface area contributed by atoms with E-state index < -0.39 is 11.8 Å². The highest BCUT2D eigenvalue weighted by molar-refractivity contribution is 6.38. The fourth-order valence-corrected chi connectivity index (χ4v) is 0.818. The number of aromatic nitrogens is 3. The summed E-state index contributed by atoms with van der Waals surface area (Å²) < 4.78 is 1.21. The Morgan fingerprint density at radius 2 is 1.93 bits per heavy atom. The van der Waals surface area contributed by atoms with E-state index in [1.165, 1.54) is 17.3 Å². The first-order chi connectivity index (χ1) is 7.13. The van der Waals surface area contributed by atoms with Crippen molar-refractivity contribution in [1.29, 1.82) is 0 Å². The zero-order chi connectivity index (χ0) is 11.3. The van der Waals surface area contributed by atoms with Crippen molar-refractivity contribution in [3.05, 3.63) is 12.7 Å². The highest BCUT2D eigenvalue weighted by Gasteiger charge is 2.15. The van der Waals surface area contributed by atoms with Gasteiger partial charge in [0.2, 0.25) is 0 Å². The Kier molecular flexibility index (Phi) is 3.78. The smallest absolute Gasteiger partial charge is 0.328 e. The lowest BCUT2D eigenvalue weighted by Gasteiger charge is -2.10. The topological polar surface area (TPSA) is 88.9 Å². The van der Waals surface area contributed by atoms with E-state index in [0.717, 1.165) is 6.42 Å². The molecule has 1 rings (SSSR count). The molecule has 0 saturated carbocycles. The number of carbonyl (C=O) groups is 2. The average Bonchev–Trinajstić information content (AvgIpc) is 2.70. The van der Waals surface area contributed by atoms with E-state index >= 15 is 0 Å². The van der Waals surface area contributed by atoms with Crippen LogP contribution in [0.3, 0.4) is 0 Å². The van der Waals surface area contributed by atoms with Gasteiger partial charge >= 0.3 is 11.8 Å². The Morgan fingerprint density at radius 3 is 2.47 bits per heavy atom. The van der Waals surface area contributed by atoms with Crippen molar-refractivity contribution >= 4 is 11.8 Å². The number of hydrogen-bond donors (Lipinski definition) is 2. The molecule has 1 heterocycles. The number of rotatable bonds is 3. The molecule has 15 heavy (non-hydrogen) atoms. The van der Waals surface area contributed by atoms with Crippen LogP contribution in [0.4, 0.5) is 0 Å². The molecule has 0 aliphatic carbocycles. The van der Waals surface area contributed by atoms with E-state index in [1.807, 2.05) is 13.8 Å². The second kappa shape index (κ2) is 5.08. The minimum absolute atomic E-state index is 0.0239. The summed E-state index contributed by atoms with van der Waals surface area (Å²) in [6.45, 7) is 3.74. The minimum Gasteiger partial charge on any atom is -0.345 e. The zero-order valence-electron chi connectivity index (χ0n) is 8.60. The van der Waals surface area contributed by atoms with Gasteiger partial charge in [-0.2, -0.15) is 0 Å². The molecule has 1 atom stereocenters. The molecule has 1 aromatic rings. The van der Waals surface area contributed by atoms with Crippen LogP contribution in [0.2, 0.25) is 0 Å². The molecule has 2 amide bonds. The van der Waals surface area contributed by atoms with Gasteiger partial charge in [0.15, 0.2) is 0 Å². The van der Waals surface area contributed by atoms with Crippen LogP contribution in [0.15, 0.2) is 12.7 Å². The zero-order valence-corrected chi connectivity index (χ0v) is 8.60. The third kappa shape index (κ3) is 3.37. The molecule has 0 aliphatic heterocycles. The molecule has 1 aromatic heterocycles. The molecule has 0 aliphatic rings. The van der Waals surface area contributed by atoms with Crippen LogP contribution in [0.5, 0.6) is 0 Å². The van der Waals surface area contributed by atoms with Crippen molar-refractivity contribution in [2.45, 2.75) is 26.3 Å². The number of carbonyl (C=O) groups excluding carboxylic acids is 2. The molecular formula is C8H13N5O2. The Bertz CT molecular complexity index is 335. The first-order valence-corrected chi connectivity index (χ1v) is 4.60. The summed E-state index contributed by atoms with van der Waals surface area (Å²) in [5, 5.41) is 9.49. The highest BCUT2D eigenvalue weighted by Crippen LogP contribution is 1.87. The summed E-state index contributed by atoms with van der Waals surface area (Å²) in [4.78, 5) is 22.5. The van der Waals surface area contributed by atoms with Crippen molar-refractivity contribution in [1.82, 2.24) is 20.2 Å². The Hall–Kier alpha value is -1.92. The second-order valence-corrected chi connectivity index (χ2v) is 3.09. The lowest BCUT2D eigenvalue weighted by Crippen LogP contribution is -2.42. The van der Waals surface area contributed by atoms with Gasteiger partial charge in [0.05, 0.1) is 0 Å². The monoisotopic (exact) mass is 211 g/mol. The number of nitrogens with one attached hydrogen (secondary N) is 2. The third-order valence-corrected chi connectivity index (χ3v) is 1.85.